The van der Waals surface area contributed by atoms with E-state index in [4.69, 9.17) is 33.4 Å². The maximum Gasteiger partial charge on any atom is 0.237 e. The Kier molecular flexibility index (Phi) is 11.5. The van der Waals surface area contributed by atoms with Crippen molar-refractivity contribution in [2.45, 2.75) is 37.7 Å². The zero-order chi connectivity index (χ0) is 27.8. The van der Waals surface area contributed by atoms with Crippen LogP contribution in [0.5, 0.6) is 0 Å². The summed E-state index contributed by atoms with van der Waals surface area (Å²) in [4.78, 5) is 22.4. The number of fused-ring (bicyclic) bond motifs is 2. The molecule has 0 aliphatic carbocycles. The molecule has 0 bridgehead atoms. The lowest BCUT2D eigenvalue weighted by Gasteiger charge is -2.29. The van der Waals surface area contributed by atoms with E-state index in [1.165, 1.54) is 29.8 Å². The summed E-state index contributed by atoms with van der Waals surface area (Å²) in [5, 5.41) is 25.2. The van der Waals surface area contributed by atoms with Gasteiger partial charge in [-0.3, -0.25) is 9.59 Å². The number of halogens is 4. The fourth-order valence-corrected chi connectivity index (χ4v) is 4.49. The highest BCUT2D eigenvalue weighted by Gasteiger charge is 2.55. The van der Waals surface area contributed by atoms with Crippen molar-refractivity contribution in [1.29, 1.82) is 0 Å². The molecule has 2 heterocycles. The van der Waals surface area contributed by atoms with Crippen LogP contribution in [0.3, 0.4) is 0 Å². The molecule has 2 aliphatic rings. The Bertz CT molecular complexity index is 1130. The van der Waals surface area contributed by atoms with E-state index in [0.717, 1.165) is 5.56 Å². The van der Waals surface area contributed by atoms with Crippen molar-refractivity contribution in [2.24, 2.45) is 0 Å². The van der Waals surface area contributed by atoms with Gasteiger partial charge in [0.2, 0.25) is 12.3 Å². The molecule has 1 saturated heterocycles. The maximum absolute atomic E-state index is 14.0. The van der Waals surface area contributed by atoms with Crippen molar-refractivity contribution in [3.8, 4) is 0 Å². The lowest BCUT2D eigenvalue weighted by Crippen LogP contribution is -2.41. The third-order valence-corrected chi connectivity index (χ3v) is 6.38. The Morgan fingerprint density at radius 2 is 1.89 bits per heavy atom. The van der Waals surface area contributed by atoms with Crippen LogP contribution in [0.4, 0.5) is 14.5 Å². The molecule has 2 amide bonds. The second kappa shape index (κ2) is 13.8. The van der Waals surface area contributed by atoms with Gasteiger partial charge in [0.15, 0.2) is 0 Å². The van der Waals surface area contributed by atoms with Gasteiger partial charge in [-0.15, -0.1) is 6.58 Å². The van der Waals surface area contributed by atoms with E-state index in [-0.39, 0.29) is 28.5 Å². The Balaban J connectivity index is 0.000000311. The zero-order valence-electron chi connectivity index (χ0n) is 20.6. The van der Waals surface area contributed by atoms with Gasteiger partial charge in [0, 0.05) is 31.2 Å². The van der Waals surface area contributed by atoms with Crippen molar-refractivity contribution >= 4 is 41.2 Å². The van der Waals surface area contributed by atoms with Gasteiger partial charge in [-0.25, -0.2) is 8.78 Å². The lowest BCUT2D eigenvalue weighted by atomic mass is 9.70. The molecule has 5 N–H and O–H groups in total. The molecule has 1 spiro atoms. The number of benzene rings is 2. The van der Waals surface area contributed by atoms with Gasteiger partial charge in [0.25, 0.3) is 0 Å². The van der Waals surface area contributed by atoms with Crippen molar-refractivity contribution in [3.05, 3.63) is 75.3 Å². The van der Waals surface area contributed by atoms with Crippen LogP contribution >= 0.6 is 23.2 Å². The zero-order valence-corrected chi connectivity index (χ0v) is 22.1. The minimum Gasteiger partial charge on any atom is -0.394 e. The summed E-state index contributed by atoms with van der Waals surface area (Å²) in [6, 6.07) is 7.14. The molecule has 3 atom stereocenters. The third-order valence-electron chi connectivity index (χ3n) is 5.80. The number of allylic oxidation sites excluding steroid dienone is 1. The number of amides is 2. The van der Waals surface area contributed by atoms with Crippen molar-refractivity contribution < 1.29 is 28.6 Å². The first-order valence-corrected chi connectivity index (χ1v) is 12.3. The van der Waals surface area contributed by atoms with Crippen LogP contribution in [-0.4, -0.2) is 54.9 Å². The smallest absolute Gasteiger partial charge is 0.237 e. The number of nitrogens with one attached hydrogen (secondary N) is 3. The summed E-state index contributed by atoms with van der Waals surface area (Å²) in [5.41, 5.74) is 1.99. The number of carbonyl (C=O) groups excluding carboxylic acids is 2. The molecule has 11 heteroatoms. The fraction of sp³-hybridized carbons (Fsp3) is 0.385. The van der Waals surface area contributed by atoms with Crippen LogP contribution in [0.25, 0.3) is 0 Å². The highest BCUT2D eigenvalue weighted by molar-refractivity contribution is 6.31. The van der Waals surface area contributed by atoms with Gasteiger partial charge in [0.1, 0.15) is 11.6 Å². The number of hydrogen-bond donors (Lipinski definition) is 5. The van der Waals surface area contributed by atoms with Crippen LogP contribution in [0.1, 0.15) is 37.3 Å². The highest BCUT2D eigenvalue weighted by atomic mass is 35.5. The third kappa shape index (κ3) is 7.49. The van der Waals surface area contributed by atoms with Gasteiger partial charge >= 0.3 is 0 Å². The van der Waals surface area contributed by atoms with Gasteiger partial charge in [-0.05, 0) is 55.7 Å². The predicted octanol–water partition coefficient (Wildman–Crippen LogP) is 3.91. The van der Waals surface area contributed by atoms with Crippen molar-refractivity contribution in [1.82, 2.24) is 10.6 Å². The topological polar surface area (TPSA) is 111 Å². The maximum atomic E-state index is 14.0. The molecule has 0 saturated carbocycles. The average Bonchev–Trinajstić information content (AvgIpc) is 3.39. The number of rotatable bonds is 6. The molecular weight excluding hydrogens is 527 g/mol. The molecule has 0 unspecified atom stereocenters. The minimum absolute atomic E-state index is 0.00420. The minimum atomic E-state index is -0.970. The molecule has 2 aromatic rings. The van der Waals surface area contributed by atoms with Crippen molar-refractivity contribution in [2.75, 3.05) is 31.6 Å². The monoisotopic (exact) mass is 557 g/mol. The van der Waals surface area contributed by atoms with Crippen molar-refractivity contribution in [3.63, 3.8) is 0 Å². The second-order valence-electron chi connectivity index (χ2n) is 9.00. The van der Waals surface area contributed by atoms with Gasteiger partial charge in [0.05, 0.1) is 28.2 Å². The Labute approximate surface area is 224 Å². The number of anilines is 1. The van der Waals surface area contributed by atoms with Gasteiger partial charge in [-0.1, -0.05) is 34.8 Å². The van der Waals surface area contributed by atoms with Crippen LogP contribution in [0.2, 0.25) is 10.0 Å². The summed E-state index contributed by atoms with van der Waals surface area (Å²) in [5.74, 6) is -1.62. The summed E-state index contributed by atoms with van der Waals surface area (Å²) in [7, 11) is 0. The normalized spacial score (nSPS) is 20.1. The molecular formula is C26H31Cl2F2N3O4. The van der Waals surface area contributed by atoms with E-state index in [1.54, 1.807) is 6.07 Å². The molecule has 2 aliphatic heterocycles. The average molecular weight is 558 g/mol. The number of carbonyl (C=O) groups is 2. The Hall–Kier alpha value is -2.56. The fourth-order valence-electron chi connectivity index (χ4n) is 4.14. The van der Waals surface area contributed by atoms with E-state index < -0.39 is 23.2 Å². The van der Waals surface area contributed by atoms with Gasteiger partial charge in [-0.2, -0.15) is 0 Å². The Morgan fingerprint density at radius 3 is 2.49 bits per heavy atom. The SMILES string of the molecule is C=C(C)C.O=C1Nc2cc(Cl)c(F)cc2[C@@]12CNC[C@@H]2c1ccc(F)c(Cl)c1.O=CNCC[C@H](O)CO. The highest BCUT2D eigenvalue weighted by Crippen LogP contribution is 2.50. The van der Waals surface area contributed by atoms with Gasteiger partial charge < -0.3 is 26.2 Å². The standard InChI is InChI=1S/C17H12Cl2F2N2O.C5H11NO3.C4H8/c18-11-3-8(1-2-13(11)20)10-6-22-7-17(10)9-4-14(21)12(19)5-15(9)23-16(17)24;7-3-5(9)1-2-6-4-8;1-4(2)3/h1-5,10,22H,6-7H2,(H,23,24);4-5,7,9H,1-3H2,(H,6,8);1H2,2-3H3/t10-,17-;5-;/m10./s1. The molecule has 4 rings (SSSR count). The van der Waals surface area contributed by atoms with E-state index in [9.17, 15) is 18.4 Å². The molecule has 0 aromatic heterocycles. The number of aliphatic hydroxyl groups excluding tert-OH is 2. The summed E-state index contributed by atoms with van der Waals surface area (Å²) < 4.78 is 27.5. The molecule has 7 nitrogen and oxygen atoms in total. The van der Waals surface area contributed by atoms with E-state index in [1.807, 2.05) is 13.8 Å². The van der Waals surface area contributed by atoms with Crippen LogP contribution in [-0.2, 0) is 15.0 Å². The number of aliphatic hydroxyl groups is 2. The van der Waals surface area contributed by atoms with Crippen LogP contribution in [0.15, 0.2) is 42.5 Å². The number of hydrogen-bond acceptors (Lipinski definition) is 5. The first-order chi connectivity index (χ1) is 17.5. The van der Waals surface area contributed by atoms with E-state index in [2.05, 4.69) is 22.5 Å². The van der Waals surface area contributed by atoms with E-state index in [0.29, 0.717) is 43.7 Å². The first kappa shape index (κ1) is 30.7. The largest absolute Gasteiger partial charge is 0.394 e. The van der Waals surface area contributed by atoms with Crippen LogP contribution < -0.4 is 16.0 Å². The summed E-state index contributed by atoms with van der Waals surface area (Å²) in [6.07, 6.45) is 0.247. The Morgan fingerprint density at radius 1 is 1.24 bits per heavy atom. The van der Waals surface area contributed by atoms with E-state index >= 15 is 0 Å². The predicted molar refractivity (Wildman–Crippen MR) is 141 cm³/mol. The lowest BCUT2D eigenvalue weighted by molar-refractivity contribution is -0.120. The second-order valence-corrected chi connectivity index (χ2v) is 9.81. The molecule has 202 valence electrons. The molecule has 2 aromatic carbocycles. The molecule has 0 radical (unpaired) electrons. The summed E-state index contributed by atoms with van der Waals surface area (Å²) in [6.45, 7) is 8.51. The summed E-state index contributed by atoms with van der Waals surface area (Å²) >= 11 is 11.7. The molecule has 37 heavy (non-hydrogen) atoms. The molecule has 1 fully saturated rings. The first-order valence-electron chi connectivity index (χ1n) is 11.5. The quantitative estimate of drug-likeness (QED) is 0.210. The van der Waals surface area contributed by atoms with Crippen LogP contribution in [0, 0.1) is 11.6 Å².